The van der Waals surface area contributed by atoms with Crippen molar-refractivity contribution in [3.8, 4) is 0 Å². The summed E-state index contributed by atoms with van der Waals surface area (Å²) in [6.45, 7) is 3.21. The van der Waals surface area contributed by atoms with Crippen molar-refractivity contribution in [2.24, 2.45) is 5.84 Å². The van der Waals surface area contributed by atoms with Gasteiger partial charge in [-0.15, -0.1) is 0 Å². The van der Waals surface area contributed by atoms with Crippen LogP contribution >= 0.6 is 23.2 Å². The molecule has 1 aromatic carbocycles. The minimum absolute atomic E-state index is 0.360. The van der Waals surface area contributed by atoms with E-state index in [0.717, 1.165) is 0 Å². The molecule has 0 aromatic heterocycles. The van der Waals surface area contributed by atoms with Crippen LogP contribution in [0.1, 0.15) is 25.5 Å². The highest BCUT2D eigenvalue weighted by molar-refractivity contribution is 7.92. The Morgan fingerprint density at radius 1 is 1.28 bits per heavy atom. The summed E-state index contributed by atoms with van der Waals surface area (Å²) in [5.74, 6) is 5.49. The lowest BCUT2D eigenvalue weighted by molar-refractivity contribution is 0.427. The largest absolute Gasteiger partial charge is 0.271 e. The monoisotopic (exact) mass is 310 g/mol. The average Bonchev–Trinajstić information content (AvgIpc) is 2.22. The SMILES string of the molecule is CC(C)(C(NN)c1ccc(Cl)c(Cl)c1)S(C)(=O)=O. The molecule has 0 aliphatic heterocycles. The van der Waals surface area contributed by atoms with E-state index in [2.05, 4.69) is 5.43 Å². The Bertz CT molecular complexity index is 544. The maximum absolute atomic E-state index is 11.8. The lowest BCUT2D eigenvalue weighted by Crippen LogP contribution is -2.47. The number of benzene rings is 1. The van der Waals surface area contributed by atoms with Crippen molar-refractivity contribution in [3.63, 3.8) is 0 Å². The molecule has 0 heterocycles. The van der Waals surface area contributed by atoms with Crippen molar-refractivity contribution in [2.75, 3.05) is 6.26 Å². The van der Waals surface area contributed by atoms with Crippen molar-refractivity contribution >= 4 is 33.0 Å². The van der Waals surface area contributed by atoms with Gasteiger partial charge in [-0.25, -0.2) is 8.42 Å². The quantitative estimate of drug-likeness (QED) is 0.661. The van der Waals surface area contributed by atoms with E-state index in [1.54, 1.807) is 32.0 Å². The Kier molecular flexibility index (Phi) is 4.67. The topological polar surface area (TPSA) is 72.2 Å². The third kappa shape index (κ3) is 2.97. The van der Waals surface area contributed by atoms with Gasteiger partial charge < -0.3 is 0 Å². The molecule has 1 rings (SSSR count). The van der Waals surface area contributed by atoms with E-state index >= 15 is 0 Å². The third-order valence-electron chi connectivity index (χ3n) is 3.09. The van der Waals surface area contributed by atoms with Crippen LogP contribution in [-0.2, 0) is 9.84 Å². The molecule has 0 saturated heterocycles. The Hall–Kier alpha value is -0.330. The summed E-state index contributed by atoms with van der Waals surface area (Å²) in [6.07, 6.45) is 1.18. The minimum Gasteiger partial charge on any atom is -0.271 e. The molecule has 0 saturated carbocycles. The molecular weight excluding hydrogens is 295 g/mol. The first-order chi connectivity index (χ1) is 8.11. The van der Waals surface area contributed by atoms with Crippen LogP contribution in [0.3, 0.4) is 0 Å². The number of nitrogens with two attached hydrogens (primary N) is 1. The molecule has 3 N–H and O–H groups in total. The van der Waals surface area contributed by atoms with Crippen LogP contribution in [0.15, 0.2) is 18.2 Å². The summed E-state index contributed by atoms with van der Waals surface area (Å²) in [6, 6.07) is 4.34. The number of hydrogen-bond donors (Lipinski definition) is 2. The standard InChI is InChI=1S/C11H16Cl2N2O2S/c1-11(2,18(3,16)17)10(15-14)7-4-5-8(12)9(13)6-7/h4-6,10,15H,14H2,1-3H3. The van der Waals surface area contributed by atoms with Crippen LogP contribution in [0.5, 0.6) is 0 Å². The van der Waals surface area contributed by atoms with Crippen molar-refractivity contribution in [3.05, 3.63) is 33.8 Å². The minimum atomic E-state index is -3.30. The molecule has 4 nitrogen and oxygen atoms in total. The highest BCUT2D eigenvalue weighted by atomic mass is 35.5. The molecule has 0 fully saturated rings. The second kappa shape index (κ2) is 5.35. The summed E-state index contributed by atoms with van der Waals surface area (Å²) in [4.78, 5) is 0. The van der Waals surface area contributed by atoms with E-state index in [4.69, 9.17) is 29.0 Å². The molecule has 0 bridgehead atoms. The van der Waals surface area contributed by atoms with Gasteiger partial charge in [-0.3, -0.25) is 11.3 Å². The van der Waals surface area contributed by atoms with E-state index in [-0.39, 0.29) is 0 Å². The summed E-state index contributed by atoms with van der Waals surface area (Å²) in [5, 5.41) is 0.770. The highest BCUT2D eigenvalue weighted by Crippen LogP contribution is 2.34. The maximum atomic E-state index is 11.8. The van der Waals surface area contributed by atoms with E-state index in [1.807, 2.05) is 0 Å². The van der Waals surface area contributed by atoms with Gasteiger partial charge in [0.15, 0.2) is 9.84 Å². The molecule has 1 atom stereocenters. The van der Waals surface area contributed by atoms with Crippen LogP contribution in [0, 0.1) is 0 Å². The summed E-state index contributed by atoms with van der Waals surface area (Å²) in [5.41, 5.74) is 3.20. The lowest BCUT2D eigenvalue weighted by Gasteiger charge is -2.32. The van der Waals surface area contributed by atoms with Crippen LogP contribution in [0.2, 0.25) is 10.0 Å². The molecule has 1 unspecified atom stereocenters. The second-order valence-electron chi connectivity index (χ2n) is 4.65. The van der Waals surface area contributed by atoms with Gasteiger partial charge in [0.05, 0.1) is 20.8 Å². The first kappa shape index (κ1) is 15.7. The Morgan fingerprint density at radius 3 is 2.22 bits per heavy atom. The van der Waals surface area contributed by atoms with Crippen LogP contribution in [0.4, 0.5) is 0 Å². The molecule has 102 valence electrons. The fourth-order valence-electron chi connectivity index (χ4n) is 1.60. The van der Waals surface area contributed by atoms with Crippen LogP contribution < -0.4 is 11.3 Å². The number of hydrazine groups is 1. The van der Waals surface area contributed by atoms with Gasteiger partial charge in [0.2, 0.25) is 0 Å². The predicted molar refractivity (Wildman–Crippen MR) is 75.4 cm³/mol. The van der Waals surface area contributed by atoms with Gasteiger partial charge >= 0.3 is 0 Å². The van der Waals surface area contributed by atoms with Gasteiger partial charge in [-0.05, 0) is 31.5 Å². The molecule has 7 heteroatoms. The lowest BCUT2D eigenvalue weighted by atomic mass is 9.96. The van der Waals surface area contributed by atoms with Gasteiger partial charge in [0.25, 0.3) is 0 Å². The zero-order chi connectivity index (χ0) is 14.1. The fourth-order valence-corrected chi connectivity index (χ4v) is 2.54. The van der Waals surface area contributed by atoms with Crippen molar-refractivity contribution < 1.29 is 8.42 Å². The highest BCUT2D eigenvalue weighted by Gasteiger charge is 2.39. The second-order valence-corrected chi connectivity index (χ2v) is 8.06. The smallest absolute Gasteiger partial charge is 0.154 e. The summed E-state index contributed by atoms with van der Waals surface area (Å²) >= 11 is 11.8. The van der Waals surface area contributed by atoms with Crippen molar-refractivity contribution in [2.45, 2.75) is 24.6 Å². The number of hydrogen-bond acceptors (Lipinski definition) is 4. The number of nitrogens with one attached hydrogen (secondary N) is 1. The molecule has 1 aromatic rings. The molecule has 0 radical (unpaired) electrons. The molecular formula is C11H16Cl2N2O2S. The van der Waals surface area contributed by atoms with Crippen molar-refractivity contribution in [1.29, 1.82) is 0 Å². The van der Waals surface area contributed by atoms with E-state index in [0.29, 0.717) is 15.6 Å². The normalized spacial score (nSPS) is 14.6. The van der Waals surface area contributed by atoms with E-state index < -0.39 is 20.6 Å². The molecule has 0 spiro atoms. The number of rotatable bonds is 4. The third-order valence-corrected chi connectivity index (χ3v) is 5.98. The molecule has 0 aliphatic carbocycles. The average molecular weight is 311 g/mol. The van der Waals surface area contributed by atoms with Crippen LogP contribution in [0.25, 0.3) is 0 Å². The van der Waals surface area contributed by atoms with Gasteiger partial charge in [-0.1, -0.05) is 29.3 Å². The zero-order valence-electron chi connectivity index (χ0n) is 10.4. The summed E-state index contributed by atoms with van der Waals surface area (Å²) < 4.78 is 22.6. The summed E-state index contributed by atoms with van der Waals surface area (Å²) in [7, 11) is -3.30. The zero-order valence-corrected chi connectivity index (χ0v) is 12.7. The Balaban J connectivity index is 3.30. The maximum Gasteiger partial charge on any atom is 0.154 e. The molecule has 0 amide bonds. The molecule has 0 aliphatic rings. The van der Waals surface area contributed by atoms with Gasteiger partial charge in [-0.2, -0.15) is 0 Å². The van der Waals surface area contributed by atoms with E-state index in [1.165, 1.54) is 6.26 Å². The van der Waals surface area contributed by atoms with E-state index in [9.17, 15) is 8.42 Å². The predicted octanol–water partition coefficient (Wildman–Crippen LogP) is 2.32. The first-order valence-electron chi connectivity index (χ1n) is 5.22. The van der Waals surface area contributed by atoms with Crippen molar-refractivity contribution in [1.82, 2.24) is 5.43 Å². The van der Waals surface area contributed by atoms with Crippen LogP contribution in [-0.4, -0.2) is 19.4 Å². The molecule has 18 heavy (non-hydrogen) atoms. The Morgan fingerprint density at radius 2 is 1.83 bits per heavy atom. The van der Waals surface area contributed by atoms with Gasteiger partial charge in [0, 0.05) is 6.26 Å². The number of halogens is 2. The first-order valence-corrected chi connectivity index (χ1v) is 7.86. The van der Waals surface area contributed by atoms with Gasteiger partial charge in [0.1, 0.15) is 0 Å². The number of sulfone groups is 1. The fraction of sp³-hybridized carbons (Fsp3) is 0.455. The Labute approximate surface area is 117 Å².